The first-order chi connectivity index (χ1) is 9.17. The predicted octanol–water partition coefficient (Wildman–Crippen LogP) is 0.398. The fourth-order valence-corrected chi connectivity index (χ4v) is 1.73. The minimum absolute atomic E-state index is 0.0186. The molecule has 1 heterocycles. The molecule has 0 saturated carbocycles. The smallest absolute Gasteiger partial charge is 0.234 e. The SMILES string of the molecule is COCCN(CCO)CC(=O)NC(C)c1ccco1. The third-order valence-electron chi connectivity index (χ3n) is 2.74. The molecule has 19 heavy (non-hydrogen) atoms. The molecule has 1 amide bonds. The molecule has 0 aliphatic heterocycles. The predicted molar refractivity (Wildman–Crippen MR) is 70.7 cm³/mol. The topological polar surface area (TPSA) is 74.9 Å². The summed E-state index contributed by atoms with van der Waals surface area (Å²) in [4.78, 5) is 13.7. The van der Waals surface area contributed by atoms with Gasteiger partial charge in [0, 0.05) is 20.2 Å². The van der Waals surface area contributed by atoms with Gasteiger partial charge in [-0.1, -0.05) is 0 Å². The van der Waals surface area contributed by atoms with Crippen molar-refractivity contribution in [3.05, 3.63) is 24.2 Å². The maximum Gasteiger partial charge on any atom is 0.234 e. The van der Waals surface area contributed by atoms with E-state index in [9.17, 15) is 4.79 Å². The van der Waals surface area contributed by atoms with E-state index in [1.165, 1.54) is 0 Å². The van der Waals surface area contributed by atoms with Gasteiger partial charge in [0.1, 0.15) is 5.76 Å². The number of hydrogen-bond donors (Lipinski definition) is 2. The van der Waals surface area contributed by atoms with Crippen LogP contribution in [0, 0.1) is 0 Å². The summed E-state index contributed by atoms with van der Waals surface area (Å²) in [5.41, 5.74) is 0. The minimum Gasteiger partial charge on any atom is -0.467 e. The lowest BCUT2D eigenvalue weighted by atomic mass is 10.2. The van der Waals surface area contributed by atoms with Crippen LogP contribution in [0.5, 0.6) is 0 Å². The van der Waals surface area contributed by atoms with E-state index in [2.05, 4.69) is 5.32 Å². The van der Waals surface area contributed by atoms with Crippen LogP contribution in [-0.4, -0.2) is 55.9 Å². The van der Waals surface area contributed by atoms with Gasteiger partial charge in [0.15, 0.2) is 0 Å². The standard InChI is InChI=1S/C13H22N2O4/c1-11(12-4-3-8-19-12)14-13(17)10-15(5-7-16)6-9-18-2/h3-4,8,11,16H,5-7,9-10H2,1-2H3,(H,14,17). The summed E-state index contributed by atoms with van der Waals surface area (Å²) < 4.78 is 10.2. The average molecular weight is 270 g/mol. The van der Waals surface area contributed by atoms with Gasteiger partial charge in [0.25, 0.3) is 0 Å². The Morgan fingerprint density at radius 1 is 1.58 bits per heavy atom. The highest BCUT2D eigenvalue weighted by molar-refractivity contribution is 5.78. The van der Waals surface area contributed by atoms with E-state index >= 15 is 0 Å². The van der Waals surface area contributed by atoms with Gasteiger partial charge in [-0.25, -0.2) is 0 Å². The van der Waals surface area contributed by atoms with E-state index in [1.54, 1.807) is 19.4 Å². The largest absolute Gasteiger partial charge is 0.467 e. The number of carbonyl (C=O) groups is 1. The van der Waals surface area contributed by atoms with Crippen LogP contribution in [-0.2, 0) is 9.53 Å². The molecule has 2 N–H and O–H groups in total. The molecular weight excluding hydrogens is 248 g/mol. The van der Waals surface area contributed by atoms with Crippen LogP contribution < -0.4 is 5.32 Å². The van der Waals surface area contributed by atoms with Gasteiger partial charge in [0.2, 0.25) is 5.91 Å². The van der Waals surface area contributed by atoms with Crippen molar-refractivity contribution in [3.63, 3.8) is 0 Å². The van der Waals surface area contributed by atoms with Crippen molar-refractivity contribution in [2.45, 2.75) is 13.0 Å². The van der Waals surface area contributed by atoms with Crippen molar-refractivity contribution in [1.29, 1.82) is 0 Å². The first-order valence-electron chi connectivity index (χ1n) is 6.32. The van der Waals surface area contributed by atoms with Gasteiger partial charge in [-0.3, -0.25) is 9.69 Å². The number of nitrogens with one attached hydrogen (secondary N) is 1. The number of hydrogen-bond acceptors (Lipinski definition) is 5. The second-order valence-electron chi connectivity index (χ2n) is 4.30. The van der Waals surface area contributed by atoms with Gasteiger partial charge in [-0.2, -0.15) is 0 Å². The Hall–Kier alpha value is -1.37. The molecule has 0 spiro atoms. The summed E-state index contributed by atoms with van der Waals surface area (Å²) in [7, 11) is 1.61. The van der Waals surface area contributed by atoms with Gasteiger partial charge in [-0.05, 0) is 19.1 Å². The molecule has 1 atom stereocenters. The maximum atomic E-state index is 11.9. The lowest BCUT2D eigenvalue weighted by Crippen LogP contribution is -2.40. The number of methoxy groups -OCH3 is 1. The minimum atomic E-state index is -0.166. The number of aliphatic hydroxyl groups is 1. The van der Waals surface area contributed by atoms with Crippen LogP contribution in [0.4, 0.5) is 0 Å². The average Bonchev–Trinajstić information content (AvgIpc) is 2.90. The van der Waals surface area contributed by atoms with E-state index in [4.69, 9.17) is 14.3 Å². The summed E-state index contributed by atoms with van der Waals surface area (Å²) in [6.45, 7) is 3.70. The van der Waals surface area contributed by atoms with Crippen molar-refractivity contribution >= 4 is 5.91 Å². The zero-order valence-electron chi connectivity index (χ0n) is 11.5. The van der Waals surface area contributed by atoms with Crippen LogP contribution in [0.2, 0.25) is 0 Å². The van der Waals surface area contributed by atoms with Crippen LogP contribution >= 0.6 is 0 Å². The zero-order chi connectivity index (χ0) is 14.1. The molecule has 1 rings (SSSR count). The van der Waals surface area contributed by atoms with Crippen molar-refractivity contribution in [1.82, 2.24) is 10.2 Å². The quantitative estimate of drug-likeness (QED) is 0.679. The van der Waals surface area contributed by atoms with E-state index in [-0.39, 0.29) is 25.1 Å². The second kappa shape index (κ2) is 8.68. The molecule has 0 aromatic carbocycles. The van der Waals surface area contributed by atoms with E-state index in [0.29, 0.717) is 19.7 Å². The number of amides is 1. The Bertz CT molecular complexity index is 354. The fourth-order valence-electron chi connectivity index (χ4n) is 1.73. The molecule has 0 saturated heterocycles. The first kappa shape index (κ1) is 15.7. The highest BCUT2D eigenvalue weighted by Gasteiger charge is 2.14. The lowest BCUT2D eigenvalue weighted by Gasteiger charge is -2.21. The van der Waals surface area contributed by atoms with Gasteiger partial charge >= 0.3 is 0 Å². The lowest BCUT2D eigenvalue weighted by molar-refractivity contribution is -0.123. The Balaban J connectivity index is 2.38. The van der Waals surface area contributed by atoms with Crippen LogP contribution in [0.15, 0.2) is 22.8 Å². The number of aliphatic hydroxyl groups excluding tert-OH is 1. The van der Waals surface area contributed by atoms with E-state index in [1.807, 2.05) is 17.9 Å². The second-order valence-corrected chi connectivity index (χ2v) is 4.30. The van der Waals surface area contributed by atoms with Crippen molar-refractivity contribution in [3.8, 4) is 0 Å². The highest BCUT2D eigenvalue weighted by atomic mass is 16.5. The molecule has 1 unspecified atom stereocenters. The van der Waals surface area contributed by atoms with Crippen molar-refractivity contribution in [2.75, 3.05) is 40.0 Å². The zero-order valence-corrected chi connectivity index (χ0v) is 11.5. The third-order valence-corrected chi connectivity index (χ3v) is 2.74. The molecule has 0 fully saturated rings. The first-order valence-corrected chi connectivity index (χ1v) is 6.32. The number of rotatable bonds is 9. The van der Waals surface area contributed by atoms with E-state index in [0.717, 1.165) is 5.76 Å². The summed E-state index contributed by atoms with van der Waals surface area (Å²) in [5.74, 6) is 0.618. The molecule has 6 heteroatoms. The summed E-state index contributed by atoms with van der Waals surface area (Å²) in [6.07, 6.45) is 1.58. The van der Waals surface area contributed by atoms with Crippen molar-refractivity contribution < 1.29 is 19.1 Å². The summed E-state index contributed by atoms with van der Waals surface area (Å²) in [6, 6.07) is 3.44. The molecular formula is C13H22N2O4. The monoisotopic (exact) mass is 270 g/mol. The molecule has 108 valence electrons. The molecule has 1 aromatic heterocycles. The van der Waals surface area contributed by atoms with Crippen LogP contribution in [0.3, 0.4) is 0 Å². The third kappa shape index (κ3) is 5.87. The molecule has 0 aliphatic carbocycles. The number of nitrogens with zero attached hydrogens (tertiary/aromatic N) is 1. The van der Waals surface area contributed by atoms with Gasteiger partial charge < -0.3 is 19.6 Å². The van der Waals surface area contributed by atoms with Crippen LogP contribution in [0.25, 0.3) is 0 Å². The summed E-state index contributed by atoms with van der Waals surface area (Å²) >= 11 is 0. The molecule has 0 aliphatic rings. The molecule has 0 bridgehead atoms. The fraction of sp³-hybridized carbons (Fsp3) is 0.615. The Morgan fingerprint density at radius 3 is 2.95 bits per heavy atom. The highest BCUT2D eigenvalue weighted by Crippen LogP contribution is 2.11. The maximum absolute atomic E-state index is 11.9. The number of ether oxygens (including phenoxy) is 1. The molecule has 1 aromatic rings. The number of carbonyl (C=O) groups excluding carboxylic acids is 1. The number of furan rings is 1. The Kier molecular flexibility index (Phi) is 7.17. The van der Waals surface area contributed by atoms with Gasteiger partial charge in [0.05, 0.1) is 32.1 Å². The van der Waals surface area contributed by atoms with E-state index < -0.39 is 0 Å². The van der Waals surface area contributed by atoms with Crippen molar-refractivity contribution in [2.24, 2.45) is 0 Å². The molecule has 0 radical (unpaired) electrons. The molecule has 6 nitrogen and oxygen atoms in total. The van der Waals surface area contributed by atoms with Gasteiger partial charge in [-0.15, -0.1) is 0 Å². The van der Waals surface area contributed by atoms with Crippen LogP contribution in [0.1, 0.15) is 18.7 Å². The Labute approximate surface area is 113 Å². The normalized spacial score (nSPS) is 12.6. The summed E-state index contributed by atoms with van der Waals surface area (Å²) in [5, 5.41) is 11.8. The Morgan fingerprint density at radius 2 is 2.37 bits per heavy atom.